The molecule has 1 aliphatic carbocycles. The van der Waals surface area contributed by atoms with Crippen molar-refractivity contribution in [3.63, 3.8) is 0 Å². The van der Waals surface area contributed by atoms with Gasteiger partial charge in [-0.05, 0) is 42.7 Å². The van der Waals surface area contributed by atoms with E-state index in [9.17, 15) is 19.6 Å². The molecule has 2 aromatic carbocycles. The predicted octanol–water partition coefficient (Wildman–Crippen LogP) is 3.59. The molecule has 0 radical (unpaired) electrons. The highest BCUT2D eigenvalue weighted by molar-refractivity contribution is 5.82. The van der Waals surface area contributed by atoms with Gasteiger partial charge in [-0.25, -0.2) is 4.39 Å². The number of aliphatic hydroxyl groups is 1. The number of amides is 1. The Bertz CT molecular complexity index is 1030. The Morgan fingerprint density at radius 3 is 2.43 bits per heavy atom. The number of rotatable bonds is 3. The van der Waals surface area contributed by atoms with Gasteiger partial charge in [-0.1, -0.05) is 48.9 Å². The van der Waals surface area contributed by atoms with Crippen molar-refractivity contribution in [3.05, 3.63) is 71.0 Å². The summed E-state index contributed by atoms with van der Waals surface area (Å²) >= 11 is 0. The van der Waals surface area contributed by atoms with Gasteiger partial charge in [-0.2, -0.15) is 5.26 Å². The highest BCUT2D eigenvalue weighted by atomic mass is 19.1. The van der Waals surface area contributed by atoms with Crippen LogP contribution in [0.25, 0.3) is 0 Å². The average molecular weight is 402 g/mol. The normalized spacial score (nSPS) is 23.2. The molecule has 0 bridgehead atoms. The number of hydrogen-bond acceptors (Lipinski definition) is 3. The second kappa shape index (κ2) is 8.69. The summed E-state index contributed by atoms with van der Waals surface area (Å²) in [6, 6.07) is 15.1. The minimum Gasteiger partial charge on any atom is -0.394 e. The third-order valence-corrected chi connectivity index (χ3v) is 6.20. The summed E-state index contributed by atoms with van der Waals surface area (Å²) in [5.74, 6) is 5.18. The molecule has 0 spiro atoms. The molecule has 0 aromatic heterocycles. The zero-order chi connectivity index (χ0) is 21.1. The van der Waals surface area contributed by atoms with Crippen molar-refractivity contribution in [2.45, 2.75) is 43.7 Å². The fourth-order valence-corrected chi connectivity index (χ4v) is 4.58. The molecule has 2 aliphatic rings. The molecule has 1 saturated heterocycles. The highest BCUT2D eigenvalue weighted by Crippen LogP contribution is 2.42. The van der Waals surface area contributed by atoms with Crippen LogP contribution in [-0.4, -0.2) is 34.6 Å². The lowest BCUT2D eigenvalue weighted by Gasteiger charge is -2.52. The van der Waals surface area contributed by atoms with E-state index in [4.69, 9.17) is 0 Å². The van der Waals surface area contributed by atoms with Crippen LogP contribution in [0.2, 0.25) is 0 Å². The zero-order valence-electron chi connectivity index (χ0n) is 16.6. The van der Waals surface area contributed by atoms with Crippen molar-refractivity contribution in [2.75, 3.05) is 6.61 Å². The molecular formula is C25H23FN2O2. The lowest BCUT2D eigenvalue weighted by molar-refractivity contribution is -0.151. The van der Waals surface area contributed by atoms with Crippen LogP contribution in [0.5, 0.6) is 0 Å². The first-order chi connectivity index (χ1) is 14.6. The Hall–Kier alpha value is -3.15. The molecule has 1 aliphatic heterocycles. The van der Waals surface area contributed by atoms with E-state index in [1.807, 2.05) is 24.3 Å². The number of hydrogen-bond donors (Lipinski definition) is 1. The van der Waals surface area contributed by atoms with Gasteiger partial charge >= 0.3 is 0 Å². The first-order valence-corrected chi connectivity index (χ1v) is 10.3. The van der Waals surface area contributed by atoms with Crippen LogP contribution in [0.1, 0.15) is 48.3 Å². The van der Waals surface area contributed by atoms with Crippen molar-refractivity contribution < 1.29 is 14.3 Å². The molecule has 1 saturated carbocycles. The molecule has 152 valence electrons. The van der Waals surface area contributed by atoms with Gasteiger partial charge in [0.15, 0.2) is 0 Å². The van der Waals surface area contributed by atoms with E-state index in [1.165, 1.54) is 6.07 Å². The fourth-order valence-electron chi connectivity index (χ4n) is 4.58. The van der Waals surface area contributed by atoms with Crippen molar-refractivity contribution in [3.8, 4) is 17.9 Å². The van der Waals surface area contributed by atoms with E-state index in [-0.39, 0.29) is 36.2 Å². The van der Waals surface area contributed by atoms with Gasteiger partial charge in [0.05, 0.1) is 24.3 Å². The Morgan fingerprint density at radius 2 is 1.80 bits per heavy atom. The number of halogens is 1. The van der Waals surface area contributed by atoms with Gasteiger partial charge in [0.1, 0.15) is 11.9 Å². The molecular weight excluding hydrogens is 379 g/mol. The lowest BCUT2D eigenvalue weighted by atomic mass is 9.75. The number of carbonyl (C=O) groups excluding carboxylic acids is 1. The third kappa shape index (κ3) is 3.70. The Morgan fingerprint density at radius 1 is 1.10 bits per heavy atom. The Balaban J connectivity index is 1.52. The van der Waals surface area contributed by atoms with Gasteiger partial charge in [-0.3, -0.25) is 4.79 Å². The molecule has 4 nitrogen and oxygen atoms in total. The van der Waals surface area contributed by atoms with E-state index in [0.717, 1.165) is 36.8 Å². The SMILES string of the molecule is N#C[C@H]1[C@H](c2ccc(C#Cc3ccccc3F)cc2)[C@@H](CO)N1C(=O)C1CCCC1. The number of nitrogens with zero attached hydrogens (tertiary/aromatic N) is 2. The maximum atomic E-state index is 13.7. The molecule has 0 unspecified atom stereocenters. The van der Waals surface area contributed by atoms with E-state index in [0.29, 0.717) is 5.56 Å². The second-order valence-corrected chi connectivity index (χ2v) is 7.93. The van der Waals surface area contributed by atoms with E-state index >= 15 is 0 Å². The van der Waals surface area contributed by atoms with Gasteiger partial charge in [0, 0.05) is 17.4 Å². The summed E-state index contributed by atoms with van der Waals surface area (Å²) < 4.78 is 13.7. The maximum Gasteiger partial charge on any atom is 0.227 e. The van der Waals surface area contributed by atoms with Crippen molar-refractivity contribution in [1.82, 2.24) is 4.90 Å². The summed E-state index contributed by atoms with van der Waals surface area (Å²) in [7, 11) is 0. The van der Waals surface area contributed by atoms with Gasteiger partial charge < -0.3 is 10.0 Å². The number of carbonyl (C=O) groups is 1. The molecule has 4 rings (SSSR count). The molecule has 1 amide bonds. The average Bonchev–Trinajstić information content (AvgIpc) is 3.29. The highest BCUT2D eigenvalue weighted by Gasteiger charge is 2.52. The number of likely N-dealkylation sites (tertiary alicyclic amines) is 1. The van der Waals surface area contributed by atoms with Crippen LogP contribution < -0.4 is 0 Å². The quantitative estimate of drug-likeness (QED) is 0.798. The first-order valence-electron chi connectivity index (χ1n) is 10.3. The first kappa shape index (κ1) is 20.1. The summed E-state index contributed by atoms with van der Waals surface area (Å²) in [5, 5.41) is 19.6. The largest absolute Gasteiger partial charge is 0.394 e. The Kier molecular flexibility index (Phi) is 5.84. The molecule has 3 atom stereocenters. The molecule has 2 fully saturated rings. The van der Waals surface area contributed by atoms with E-state index in [1.54, 1.807) is 23.1 Å². The van der Waals surface area contributed by atoms with Crippen molar-refractivity contribution in [2.24, 2.45) is 5.92 Å². The van der Waals surface area contributed by atoms with Crippen LogP contribution in [0, 0.1) is 34.9 Å². The van der Waals surface area contributed by atoms with Crippen molar-refractivity contribution in [1.29, 1.82) is 5.26 Å². The van der Waals surface area contributed by atoms with E-state index in [2.05, 4.69) is 17.9 Å². The molecule has 30 heavy (non-hydrogen) atoms. The molecule has 5 heteroatoms. The number of benzene rings is 2. The van der Waals surface area contributed by atoms with Gasteiger partial charge in [0.25, 0.3) is 0 Å². The standard InChI is InChI=1S/C25H23FN2O2/c26-21-8-4-3-5-18(21)12-9-17-10-13-19(14-11-17)24-22(15-27)28(23(24)16-29)25(30)20-6-1-2-7-20/h3-5,8,10-11,13-14,20,22-24,29H,1-2,6-7,16H2/t22-,23+,24-/m0/s1. The zero-order valence-corrected chi connectivity index (χ0v) is 16.6. The third-order valence-electron chi connectivity index (χ3n) is 6.20. The maximum absolute atomic E-state index is 13.7. The Labute approximate surface area is 175 Å². The number of nitriles is 1. The predicted molar refractivity (Wildman–Crippen MR) is 111 cm³/mol. The van der Waals surface area contributed by atoms with Crippen LogP contribution in [0.15, 0.2) is 48.5 Å². The summed E-state index contributed by atoms with van der Waals surface area (Å²) in [5.41, 5.74) is 1.97. The summed E-state index contributed by atoms with van der Waals surface area (Å²) in [6.45, 7) is -0.170. The van der Waals surface area contributed by atoms with Gasteiger partial charge in [0.2, 0.25) is 5.91 Å². The topological polar surface area (TPSA) is 64.3 Å². The van der Waals surface area contributed by atoms with E-state index < -0.39 is 6.04 Å². The fraction of sp³-hybridized carbons (Fsp3) is 0.360. The minimum atomic E-state index is -0.564. The minimum absolute atomic E-state index is 0.00160. The molecule has 1 N–H and O–H groups in total. The summed E-state index contributed by atoms with van der Waals surface area (Å²) in [6.07, 6.45) is 3.82. The van der Waals surface area contributed by atoms with Crippen LogP contribution in [-0.2, 0) is 4.79 Å². The van der Waals surface area contributed by atoms with Crippen molar-refractivity contribution >= 4 is 5.91 Å². The lowest BCUT2D eigenvalue weighted by Crippen LogP contribution is -2.66. The summed E-state index contributed by atoms with van der Waals surface area (Å²) in [4.78, 5) is 14.4. The van der Waals surface area contributed by atoms with Crippen LogP contribution in [0.3, 0.4) is 0 Å². The molecule has 2 aromatic rings. The number of aliphatic hydroxyl groups excluding tert-OH is 1. The monoisotopic (exact) mass is 402 g/mol. The van der Waals surface area contributed by atoms with Crippen LogP contribution in [0.4, 0.5) is 4.39 Å². The van der Waals surface area contributed by atoms with Gasteiger partial charge in [-0.15, -0.1) is 0 Å². The van der Waals surface area contributed by atoms with Crippen LogP contribution >= 0.6 is 0 Å². The smallest absolute Gasteiger partial charge is 0.227 e. The molecule has 1 heterocycles. The second-order valence-electron chi connectivity index (χ2n) is 7.93.